The van der Waals surface area contributed by atoms with Gasteiger partial charge in [-0.05, 0) is 57.1 Å². The van der Waals surface area contributed by atoms with Gasteiger partial charge in [0.1, 0.15) is 5.75 Å². The smallest absolute Gasteiger partial charge is 0.311 e. The third-order valence-corrected chi connectivity index (χ3v) is 4.09. The first-order valence-electron chi connectivity index (χ1n) is 11.0. The molecule has 160 valence electrons. The van der Waals surface area contributed by atoms with Crippen molar-refractivity contribution in [3.8, 4) is 5.75 Å². The minimum absolute atomic E-state index is 0.194. The number of hydrogen-bond donors (Lipinski definition) is 0. The van der Waals surface area contributed by atoms with Gasteiger partial charge >= 0.3 is 5.97 Å². The van der Waals surface area contributed by atoms with Gasteiger partial charge in [-0.15, -0.1) is 0 Å². The van der Waals surface area contributed by atoms with E-state index in [1.54, 1.807) is 12.1 Å². The normalized spacial score (nSPS) is 12.6. The molecular formula is C28H36O2. The fourth-order valence-electron chi connectivity index (χ4n) is 2.51. The number of carbonyl (C=O) groups excluding carboxylic acids is 1. The highest BCUT2D eigenvalue weighted by atomic mass is 16.5. The predicted molar refractivity (Wildman–Crippen MR) is 130 cm³/mol. The molecule has 0 atom stereocenters. The lowest BCUT2D eigenvalue weighted by molar-refractivity contribution is -0.134. The van der Waals surface area contributed by atoms with Gasteiger partial charge in [-0.3, -0.25) is 4.79 Å². The molecule has 0 saturated heterocycles. The van der Waals surface area contributed by atoms with E-state index in [-0.39, 0.29) is 5.97 Å². The van der Waals surface area contributed by atoms with E-state index in [4.69, 9.17) is 4.74 Å². The Balaban J connectivity index is 1.98. The quantitative estimate of drug-likeness (QED) is 0.168. The van der Waals surface area contributed by atoms with Crippen LogP contribution in [0.5, 0.6) is 5.75 Å². The van der Waals surface area contributed by atoms with E-state index < -0.39 is 0 Å². The van der Waals surface area contributed by atoms with Crippen LogP contribution in [0.1, 0.15) is 58.3 Å². The molecule has 0 N–H and O–H groups in total. The zero-order valence-electron chi connectivity index (χ0n) is 18.3. The molecule has 0 radical (unpaired) electrons. The second kappa shape index (κ2) is 19.4. The fraction of sp³-hybridized carbons (Fsp3) is 0.321. The van der Waals surface area contributed by atoms with Crippen molar-refractivity contribution in [3.63, 3.8) is 0 Å². The lowest BCUT2D eigenvalue weighted by Gasteiger charge is -2.01. The molecule has 0 aliphatic heterocycles. The summed E-state index contributed by atoms with van der Waals surface area (Å²) in [6, 6.07) is 9.18. The van der Waals surface area contributed by atoms with E-state index >= 15 is 0 Å². The molecule has 0 aliphatic rings. The van der Waals surface area contributed by atoms with E-state index in [0.717, 1.165) is 38.5 Å². The maximum Gasteiger partial charge on any atom is 0.311 e. The molecule has 1 aromatic rings. The summed E-state index contributed by atoms with van der Waals surface area (Å²) in [7, 11) is 0. The van der Waals surface area contributed by atoms with Crippen LogP contribution < -0.4 is 4.74 Å². The van der Waals surface area contributed by atoms with Crippen molar-refractivity contribution in [2.75, 3.05) is 0 Å². The van der Waals surface area contributed by atoms with Crippen molar-refractivity contribution in [3.05, 3.63) is 103 Å². The summed E-state index contributed by atoms with van der Waals surface area (Å²) in [5, 5.41) is 0. The number of carbonyl (C=O) groups is 1. The third kappa shape index (κ3) is 16.1. The van der Waals surface area contributed by atoms with Crippen molar-refractivity contribution >= 4 is 5.97 Å². The van der Waals surface area contributed by atoms with Gasteiger partial charge < -0.3 is 4.74 Å². The Bertz CT molecular complexity index is 718. The van der Waals surface area contributed by atoms with Crippen LogP contribution in [0, 0.1) is 0 Å². The van der Waals surface area contributed by atoms with E-state index in [1.165, 1.54) is 0 Å². The largest absolute Gasteiger partial charge is 0.427 e. The fourth-order valence-corrected chi connectivity index (χ4v) is 2.51. The number of para-hydroxylation sites is 1. The monoisotopic (exact) mass is 404 g/mol. The van der Waals surface area contributed by atoms with Gasteiger partial charge in [-0.2, -0.15) is 0 Å². The molecule has 1 aromatic carbocycles. The molecule has 30 heavy (non-hydrogen) atoms. The summed E-state index contributed by atoms with van der Waals surface area (Å²) in [6.07, 6.45) is 33.1. The van der Waals surface area contributed by atoms with Crippen LogP contribution >= 0.6 is 0 Å². The van der Waals surface area contributed by atoms with Gasteiger partial charge in [0.05, 0.1) is 0 Å². The SMILES string of the molecule is CC/C=C\C/C=C\C/C=C\C/C=C\C/C=C\C/C=C\CCC(=O)Oc1ccccc1. The van der Waals surface area contributed by atoms with Crippen molar-refractivity contribution in [2.45, 2.75) is 58.3 Å². The molecule has 0 heterocycles. The average Bonchev–Trinajstić information content (AvgIpc) is 2.76. The zero-order chi connectivity index (χ0) is 21.5. The predicted octanol–water partition coefficient (Wildman–Crippen LogP) is 8.07. The number of ether oxygens (including phenoxy) is 1. The number of rotatable bonds is 15. The topological polar surface area (TPSA) is 26.3 Å². The Hall–Kier alpha value is -2.87. The van der Waals surface area contributed by atoms with Gasteiger partial charge in [0.25, 0.3) is 0 Å². The van der Waals surface area contributed by atoms with Gasteiger partial charge in [0.2, 0.25) is 0 Å². The second-order valence-corrected chi connectivity index (χ2v) is 6.74. The zero-order valence-corrected chi connectivity index (χ0v) is 18.3. The summed E-state index contributed by atoms with van der Waals surface area (Å²) in [4.78, 5) is 11.7. The molecule has 0 fully saturated rings. The Morgan fingerprint density at radius 2 is 1.10 bits per heavy atom. The molecule has 0 saturated carbocycles. The number of hydrogen-bond acceptors (Lipinski definition) is 2. The highest BCUT2D eigenvalue weighted by Crippen LogP contribution is 2.10. The Labute approximate surface area is 183 Å². The lowest BCUT2D eigenvalue weighted by atomic mass is 10.2. The van der Waals surface area contributed by atoms with Crippen LogP contribution in [0.15, 0.2) is 103 Å². The number of benzene rings is 1. The molecule has 0 aromatic heterocycles. The van der Waals surface area contributed by atoms with Crippen LogP contribution in [0.4, 0.5) is 0 Å². The maximum absolute atomic E-state index is 11.7. The number of esters is 1. The molecule has 0 amide bonds. The first-order valence-corrected chi connectivity index (χ1v) is 11.0. The minimum atomic E-state index is -0.194. The highest BCUT2D eigenvalue weighted by molar-refractivity contribution is 5.72. The van der Waals surface area contributed by atoms with E-state index in [9.17, 15) is 4.79 Å². The highest BCUT2D eigenvalue weighted by Gasteiger charge is 2.02. The van der Waals surface area contributed by atoms with E-state index in [1.807, 2.05) is 24.3 Å². The van der Waals surface area contributed by atoms with Gasteiger partial charge in [0, 0.05) is 6.42 Å². The summed E-state index contributed by atoms with van der Waals surface area (Å²) < 4.78 is 5.25. The maximum atomic E-state index is 11.7. The minimum Gasteiger partial charge on any atom is -0.427 e. The van der Waals surface area contributed by atoms with Gasteiger partial charge in [0.15, 0.2) is 0 Å². The summed E-state index contributed by atoms with van der Waals surface area (Å²) in [5.74, 6) is 0.408. The summed E-state index contributed by atoms with van der Waals surface area (Å²) in [6.45, 7) is 2.15. The summed E-state index contributed by atoms with van der Waals surface area (Å²) in [5.41, 5.74) is 0. The Morgan fingerprint density at radius 1 is 0.667 bits per heavy atom. The van der Waals surface area contributed by atoms with Crippen LogP contribution in [-0.2, 0) is 4.79 Å². The Kier molecular flexibility index (Phi) is 16.3. The Morgan fingerprint density at radius 3 is 1.57 bits per heavy atom. The van der Waals surface area contributed by atoms with Crippen molar-refractivity contribution in [1.82, 2.24) is 0 Å². The molecule has 1 rings (SSSR count). The molecule has 2 heteroatoms. The summed E-state index contributed by atoms with van der Waals surface area (Å²) >= 11 is 0. The van der Waals surface area contributed by atoms with Crippen LogP contribution in [0.3, 0.4) is 0 Å². The van der Waals surface area contributed by atoms with Crippen molar-refractivity contribution in [1.29, 1.82) is 0 Å². The molecule has 0 bridgehead atoms. The molecule has 0 unspecified atom stereocenters. The van der Waals surface area contributed by atoms with Crippen molar-refractivity contribution in [2.24, 2.45) is 0 Å². The first kappa shape index (κ1) is 25.2. The van der Waals surface area contributed by atoms with E-state index in [0.29, 0.717) is 18.6 Å². The van der Waals surface area contributed by atoms with Crippen molar-refractivity contribution < 1.29 is 9.53 Å². The molecular weight excluding hydrogens is 368 g/mol. The lowest BCUT2D eigenvalue weighted by Crippen LogP contribution is -2.06. The first-order chi connectivity index (χ1) is 14.8. The van der Waals surface area contributed by atoms with Crippen LogP contribution in [0.2, 0.25) is 0 Å². The van der Waals surface area contributed by atoms with Gasteiger partial charge in [-0.25, -0.2) is 0 Å². The van der Waals surface area contributed by atoms with Crippen LogP contribution in [0.25, 0.3) is 0 Å². The average molecular weight is 405 g/mol. The third-order valence-electron chi connectivity index (χ3n) is 4.09. The standard InChI is InChI=1S/C28H36O2/c1-2-3-4-5-6-7-8-9-10-11-12-13-14-15-16-17-18-19-23-26-28(29)30-27-24-21-20-22-25-27/h3-4,6-7,9-10,12-13,15-16,18-22,24-25H,2,5,8,11,14,17,23,26H2,1H3/b4-3-,7-6-,10-9-,13-12-,16-15-,19-18-. The molecule has 2 nitrogen and oxygen atoms in total. The van der Waals surface area contributed by atoms with E-state index in [2.05, 4.69) is 73.8 Å². The second-order valence-electron chi connectivity index (χ2n) is 6.74. The molecule has 0 spiro atoms. The van der Waals surface area contributed by atoms with Crippen LogP contribution in [-0.4, -0.2) is 5.97 Å². The number of allylic oxidation sites excluding steroid dienone is 12. The van der Waals surface area contributed by atoms with Gasteiger partial charge in [-0.1, -0.05) is 98.0 Å². The molecule has 0 aliphatic carbocycles.